The van der Waals surface area contributed by atoms with Gasteiger partial charge in [-0.2, -0.15) is 0 Å². The number of benzene rings is 1. The number of carbonyl (C=O) groups is 2. The lowest BCUT2D eigenvalue weighted by Gasteiger charge is -2.22. The smallest absolute Gasteiger partial charge is 0.335 e. The fourth-order valence-electron chi connectivity index (χ4n) is 2.42. The molecule has 2 rings (SSSR count). The molecule has 1 aromatic rings. The number of rotatable bonds is 4. The van der Waals surface area contributed by atoms with E-state index in [4.69, 9.17) is 11.5 Å². The number of aromatic carboxylic acids is 1. The van der Waals surface area contributed by atoms with Crippen LogP contribution in [0.15, 0.2) is 18.2 Å². The number of carboxylic acids is 1. The van der Waals surface area contributed by atoms with E-state index in [-0.39, 0.29) is 17.6 Å². The number of nitrogens with zero attached hydrogens (tertiary/aromatic N) is 1. The quantitative estimate of drug-likeness (QED) is 0.834. The van der Waals surface area contributed by atoms with Crippen LogP contribution in [0.4, 0.5) is 10.5 Å². The number of terminal acetylenes is 1. The van der Waals surface area contributed by atoms with Crippen molar-refractivity contribution in [3.05, 3.63) is 29.3 Å². The molecule has 5 heteroatoms. The molecule has 0 bridgehead atoms. The van der Waals surface area contributed by atoms with E-state index in [0.717, 1.165) is 18.4 Å². The average molecular weight is 286 g/mol. The molecule has 1 heterocycles. The molecule has 2 N–H and O–H groups in total. The van der Waals surface area contributed by atoms with Crippen LogP contribution in [-0.4, -0.2) is 29.7 Å². The molecular weight excluding hydrogens is 268 g/mol. The molecule has 0 saturated heterocycles. The second-order valence-corrected chi connectivity index (χ2v) is 5.01. The SMILES string of the molecule is C#CCC(CC)NC(=O)N1CCc2ccc(C(=O)O)cc21. The van der Waals surface area contributed by atoms with Crippen molar-refractivity contribution in [1.29, 1.82) is 0 Å². The van der Waals surface area contributed by atoms with Crippen LogP contribution in [0.25, 0.3) is 0 Å². The van der Waals surface area contributed by atoms with Crippen molar-refractivity contribution in [1.82, 2.24) is 5.32 Å². The number of fused-ring (bicyclic) bond motifs is 1. The van der Waals surface area contributed by atoms with Gasteiger partial charge in [0, 0.05) is 24.7 Å². The second kappa shape index (κ2) is 6.31. The number of anilines is 1. The Kier molecular flexibility index (Phi) is 4.49. The highest BCUT2D eigenvalue weighted by atomic mass is 16.4. The van der Waals surface area contributed by atoms with Crippen molar-refractivity contribution in [3.8, 4) is 12.3 Å². The van der Waals surface area contributed by atoms with Gasteiger partial charge in [0.05, 0.1) is 5.56 Å². The molecule has 2 amide bonds. The van der Waals surface area contributed by atoms with E-state index in [0.29, 0.717) is 18.7 Å². The van der Waals surface area contributed by atoms with Crippen LogP contribution in [0.3, 0.4) is 0 Å². The van der Waals surface area contributed by atoms with Gasteiger partial charge in [-0.15, -0.1) is 12.3 Å². The summed E-state index contributed by atoms with van der Waals surface area (Å²) < 4.78 is 0. The third-order valence-electron chi connectivity index (χ3n) is 3.66. The minimum Gasteiger partial charge on any atom is -0.478 e. The first kappa shape index (κ1) is 14.9. The molecule has 5 nitrogen and oxygen atoms in total. The second-order valence-electron chi connectivity index (χ2n) is 5.01. The number of amides is 2. The van der Waals surface area contributed by atoms with Gasteiger partial charge in [-0.25, -0.2) is 9.59 Å². The molecule has 0 saturated carbocycles. The Morgan fingerprint density at radius 1 is 1.52 bits per heavy atom. The molecule has 1 aliphatic rings. The van der Waals surface area contributed by atoms with Crippen LogP contribution in [0, 0.1) is 12.3 Å². The molecule has 1 unspecified atom stereocenters. The zero-order valence-corrected chi connectivity index (χ0v) is 11.9. The maximum atomic E-state index is 12.3. The summed E-state index contributed by atoms with van der Waals surface area (Å²) >= 11 is 0. The molecule has 1 aliphatic heterocycles. The highest BCUT2D eigenvalue weighted by Gasteiger charge is 2.26. The van der Waals surface area contributed by atoms with Crippen LogP contribution < -0.4 is 10.2 Å². The highest BCUT2D eigenvalue weighted by molar-refractivity contribution is 5.97. The fraction of sp³-hybridized carbons (Fsp3) is 0.375. The average Bonchev–Trinajstić information content (AvgIpc) is 2.89. The number of nitrogens with one attached hydrogen (secondary N) is 1. The number of carboxylic acid groups (broad SMARTS) is 1. The third kappa shape index (κ3) is 3.16. The van der Waals surface area contributed by atoms with Gasteiger partial charge in [0.25, 0.3) is 0 Å². The Balaban J connectivity index is 2.18. The topological polar surface area (TPSA) is 69.6 Å². The highest BCUT2D eigenvalue weighted by Crippen LogP contribution is 2.29. The summed E-state index contributed by atoms with van der Waals surface area (Å²) in [6, 6.07) is 4.60. The Hall–Kier alpha value is -2.48. The van der Waals surface area contributed by atoms with Crippen molar-refractivity contribution in [3.63, 3.8) is 0 Å². The fourth-order valence-corrected chi connectivity index (χ4v) is 2.42. The summed E-state index contributed by atoms with van der Waals surface area (Å²) in [4.78, 5) is 25.0. The normalized spacial score (nSPS) is 14.2. The van der Waals surface area contributed by atoms with Crippen molar-refractivity contribution in [2.75, 3.05) is 11.4 Å². The van der Waals surface area contributed by atoms with Gasteiger partial charge in [0.2, 0.25) is 0 Å². The molecule has 0 aliphatic carbocycles. The lowest BCUT2D eigenvalue weighted by Crippen LogP contribution is -2.44. The van der Waals surface area contributed by atoms with Gasteiger partial charge in [-0.05, 0) is 30.5 Å². The number of hydrogen-bond acceptors (Lipinski definition) is 2. The van der Waals surface area contributed by atoms with Gasteiger partial charge >= 0.3 is 12.0 Å². The lowest BCUT2D eigenvalue weighted by atomic mass is 10.1. The van der Waals surface area contributed by atoms with E-state index in [1.807, 2.05) is 6.92 Å². The van der Waals surface area contributed by atoms with E-state index in [9.17, 15) is 9.59 Å². The summed E-state index contributed by atoms with van der Waals surface area (Å²) in [7, 11) is 0. The van der Waals surface area contributed by atoms with Gasteiger partial charge < -0.3 is 10.4 Å². The summed E-state index contributed by atoms with van der Waals surface area (Å²) in [6.07, 6.45) is 7.25. The van der Waals surface area contributed by atoms with Gasteiger partial charge in [-0.1, -0.05) is 13.0 Å². The Morgan fingerprint density at radius 3 is 2.90 bits per heavy atom. The standard InChI is InChI=1S/C16H18N2O3/c1-3-5-13(4-2)17-16(21)18-9-8-11-6-7-12(15(19)20)10-14(11)18/h1,6-7,10,13H,4-5,8-9H2,2H3,(H,17,21)(H,19,20). The number of hydrogen-bond donors (Lipinski definition) is 2. The van der Waals surface area contributed by atoms with Crippen molar-refractivity contribution < 1.29 is 14.7 Å². The maximum Gasteiger partial charge on any atom is 0.335 e. The molecule has 110 valence electrons. The monoisotopic (exact) mass is 286 g/mol. The Labute approximate surface area is 124 Å². The minimum absolute atomic E-state index is 0.0609. The molecule has 0 aromatic heterocycles. The first-order chi connectivity index (χ1) is 10.1. The molecule has 1 atom stereocenters. The number of urea groups is 1. The van der Waals surface area contributed by atoms with E-state index < -0.39 is 5.97 Å². The first-order valence-corrected chi connectivity index (χ1v) is 6.94. The van der Waals surface area contributed by atoms with Crippen molar-refractivity contribution in [2.24, 2.45) is 0 Å². The molecule has 21 heavy (non-hydrogen) atoms. The number of carbonyl (C=O) groups excluding carboxylic acids is 1. The predicted molar refractivity (Wildman–Crippen MR) is 80.5 cm³/mol. The third-order valence-corrected chi connectivity index (χ3v) is 3.66. The van der Waals surface area contributed by atoms with E-state index >= 15 is 0 Å². The van der Waals surface area contributed by atoms with Crippen LogP contribution in [-0.2, 0) is 6.42 Å². The van der Waals surface area contributed by atoms with Gasteiger partial charge in [-0.3, -0.25) is 4.90 Å². The van der Waals surface area contributed by atoms with Crippen molar-refractivity contribution >= 4 is 17.7 Å². The molecule has 0 radical (unpaired) electrons. The zero-order valence-electron chi connectivity index (χ0n) is 11.9. The van der Waals surface area contributed by atoms with Gasteiger partial charge in [0.1, 0.15) is 0 Å². The zero-order chi connectivity index (χ0) is 15.4. The Bertz CT molecular complexity index is 604. The lowest BCUT2D eigenvalue weighted by molar-refractivity contribution is 0.0697. The van der Waals surface area contributed by atoms with Crippen molar-refractivity contribution in [2.45, 2.75) is 32.2 Å². The molecular formula is C16H18N2O3. The summed E-state index contributed by atoms with van der Waals surface area (Å²) in [5, 5.41) is 11.9. The van der Waals surface area contributed by atoms with Gasteiger partial charge in [0.15, 0.2) is 0 Å². The summed E-state index contributed by atoms with van der Waals surface area (Å²) in [5.41, 5.74) is 1.84. The van der Waals surface area contributed by atoms with E-state index in [1.165, 1.54) is 0 Å². The van der Waals surface area contributed by atoms with Crippen LogP contribution in [0.2, 0.25) is 0 Å². The maximum absolute atomic E-state index is 12.3. The minimum atomic E-state index is -0.996. The first-order valence-electron chi connectivity index (χ1n) is 6.94. The van der Waals surface area contributed by atoms with E-state index in [2.05, 4.69) is 11.2 Å². The van der Waals surface area contributed by atoms with Crippen LogP contribution in [0.1, 0.15) is 35.7 Å². The Morgan fingerprint density at radius 2 is 2.29 bits per heavy atom. The van der Waals surface area contributed by atoms with Crippen LogP contribution in [0.5, 0.6) is 0 Å². The summed E-state index contributed by atoms with van der Waals surface area (Å²) in [5.74, 6) is 1.55. The predicted octanol–water partition coefficient (Wildman–Crippen LogP) is 2.26. The van der Waals surface area contributed by atoms with Crippen LogP contribution >= 0.6 is 0 Å². The largest absolute Gasteiger partial charge is 0.478 e. The molecule has 1 aromatic carbocycles. The molecule has 0 spiro atoms. The molecule has 0 fully saturated rings. The summed E-state index contributed by atoms with van der Waals surface area (Å²) in [6.45, 7) is 2.51. The van der Waals surface area contributed by atoms with E-state index in [1.54, 1.807) is 23.1 Å².